The van der Waals surface area contributed by atoms with Gasteiger partial charge in [0.1, 0.15) is 6.54 Å². The quantitative estimate of drug-likeness (QED) is 0.667. The highest BCUT2D eigenvalue weighted by Gasteiger charge is 2.15. The molecule has 2 N–H and O–H groups in total. The molecule has 0 aliphatic rings. The largest absolute Gasteiger partial charge is 0.345 e. The number of nitrogens with one attached hydrogen (secondary N) is 2. The predicted octanol–water partition coefficient (Wildman–Crippen LogP) is -0.208. The van der Waals surface area contributed by atoms with Crippen molar-refractivity contribution in [3.63, 3.8) is 0 Å². The number of nitrogens with zero attached hydrogens (tertiary/aromatic N) is 7. The third-order valence-corrected chi connectivity index (χ3v) is 3.33. The molecular weight excluding hydrogens is 294 g/mol. The van der Waals surface area contributed by atoms with Crippen LogP contribution >= 0.6 is 11.3 Å². The van der Waals surface area contributed by atoms with E-state index in [1.165, 1.54) is 4.80 Å². The van der Waals surface area contributed by atoms with Crippen LogP contribution in [0.2, 0.25) is 0 Å². The minimum Gasteiger partial charge on any atom is -0.345 e. The Labute approximate surface area is 122 Å². The highest BCUT2D eigenvalue weighted by Crippen LogP contribution is 2.16. The third-order valence-electron chi connectivity index (χ3n) is 2.64. The van der Waals surface area contributed by atoms with Gasteiger partial charge in [-0.25, -0.2) is 0 Å². The number of carbonyl (C=O) groups is 1. The predicted molar refractivity (Wildman–Crippen MR) is 71.9 cm³/mol. The van der Waals surface area contributed by atoms with Gasteiger partial charge >= 0.3 is 0 Å². The van der Waals surface area contributed by atoms with Crippen LogP contribution in [0.25, 0.3) is 11.4 Å². The Morgan fingerprint density at radius 2 is 2.43 bits per heavy atom. The van der Waals surface area contributed by atoms with Gasteiger partial charge in [0.05, 0.1) is 6.04 Å². The molecule has 11 heteroatoms. The molecule has 108 valence electrons. The smallest absolute Gasteiger partial charge is 0.244 e. The first-order valence-electron chi connectivity index (χ1n) is 6.05. The average Bonchev–Trinajstić information content (AvgIpc) is 3.21. The van der Waals surface area contributed by atoms with E-state index in [4.69, 9.17) is 0 Å². The standard InChI is InChI=1S/C10H11N9OS/c1-6(9-12-16-17-13-9)11-8(20)4-19-15-10(14-18-19)7-2-3-21-5-7/h2-3,5-6H,4H2,1H3,(H,11,20)(H,12,13,16,17). The fourth-order valence-electron chi connectivity index (χ4n) is 1.65. The number of hydrogen-bond acceptors (Lipinski definition) is 8. The fraction of sp³-hybridized carbons (Fsp3) is 0.300. The number of H-pyrrole nitrogens is 1. The van der Waals surface area contributed by atoms with E-state index in [-0.39, 0.29) is 18.5 Å². The summed E-state index contributed by atoms with van der Waals surface area (Å²) in [5, 5.41) is 31.9. The third kappa shape index (κ3) is 3.08. The first kappa shape index (κ1) is 13.3. The Morgan fingerprint density at radius 1 is 1.52 bits per heavy atom. The monoisotopic (exact) mass is 305 g/mol. The van der Waals surface area contributed by atoms with Crippen LogP contribution in [0, 0.1) is 0 Å². The van der Waals surface area contributed by atoms with Crippen molar-refractivity contribution in [2.45, 2.75) is 19.5 Å². The van der Waals surface area contributed by atoms with Gasteiger partial charge in [-0.05, 0) is 23.6 Å². The summed E-state index contributed by atoms with van der Waals surface area (Å²) < 4.78 is 0. The maximum Gasteiger partial charge on any atom is 0.244 e. The van der Waals surface area contributed by atoms with Gasteiger partial charge in [-0.15, -0.1) is 20.4 Å². The Bertz CT molecular complexity index is 705. The topological polar surface area (TPSA) is 127 Å². The second kappa shape index (κ2) is 5.75. The molecule has 3 aromatic rings. The van der Waals surface area contributed by atoms with Gasteiger partial charge in [0, 0.05) is 10.9 Å². The van der Waals surface area contributed by atoms with Crippen LogP contribution in [0.4, 0.5) is 0 Å². The first-order valence-corrected chi connectivity index (χ1v) is 7.00. The zero-order valence-electron chi connectivity index (χ0n) is 11.0. The van der Waals surface area contributed by atoms with Gasteiger partial charge in [0.25, 0.3) is 0 Å². The van der Waals surface area contributed by atoms with Crippen LogP contribution in [0.15, 0.2) is 16.8 Å². The molecule has 3 heterocycles. The summed E-state index contributed by atoms with van der Waals surface area (Å²) in [6.45, 7) is 1.73. The molecule has 3 aromatic heterocycles. The van der Waals surface area contributed by atoms with E-state index in [0.717, 1.165) is 5.56 Å². The van der Waals surface area contributed by atoms with Crippen LogP contribution in [0.1, 0.15) is 18.8 Å². The average molecular weight is 305 g/mol. The van der Waals surface area contributed by atoms with E-state index in [1.807, 2.05) is 16.8 Å². The van der Waals surface area contributed by atoms with Crippen molar-refractivity contribution in [3.05, 3.63) is 22.7 Å². The molecule has 0 saturated heterocycles. The number of aromatic amines is 1. The molecule has 0 aliphatic carbocycles. The molecule has 0 aromatic carbocycles. The minimum absolute atomic E-state index is 0.0284. The normalized spacial score (nSPS) is 12.2. The molecule has 3 rings (SSSR count). The Balaban J connectivity index is 1.60. The van der Waals surface area contributed by atoms with Crippen molar-refractivity contribution in [3.8, 4) is 11.4 Å². The van der Waals surface area contributed by atoms with Gasteiger partial charge in [-0.3, -0.25) is 4.79 Å². The minimum atomic E-state index is -0.351. The summed E-state index contributed by atoms with van der Waals surface area (Å²) in [6, 6.07) is 1.54. The van der Waals surface area contributed by atoms with Gasteiger partial charge in [0.2, 0.25) is 11.7 Å². The highest BCUT2D eigenvalue weighted by atomic mass is 32.1. The van der Waals surface area contributed by atoms with Gasteiger partial charge in [-0.1, -0.05) is 5.21 Å². The maximum absolute atomic E-state index is 11.9. The van der Waals surface area contributed by atoms with Crippen LogP contribution < -0.4 is 5.32 Å². The van der Waals surface area contributed by atoms with Crippen molar-refractivity contribution < 1.29 is 4.79 Å². The first-order chi connectivity index (χ1) is 10.2. The number of aromatic nitrogens is 8. The lowest BCUT2D eigenvalue weighted by atomic mass is 10.3. The van der Waals surface area contributed by atoms with Crippen molar-refractivity contribution in [2.24, 2.45) is 0 Å². The van der Waals surface area contributed by atoms with E-state index < -0.39 is 0 Å². The number of thiophene rings is 1. The van der Waals surface area contributed by atoms with E-state index in [9.17, 15) is 4.79 Å². The zero-order chi connectivity index (χ0) is 14.7. The summed E-state index contributed by atoms with van der Waals surface area (Å²) in [6.07, 6.45) is 0. The summed E-state index contributed by atoms with van der Waals surface area (Å²) in [7, 11) is 0. The number of rotatable bonds is 5. The molecule has 0 spiro atoms. The molecule has 0 fully saturated rings. The zero-order valence-corrected chi connectivity index (χ0v) is 11.8. The molecule has 1 amide bonds. The van der Waals surface area contributed by atoms with Crippen LogP contribution in [0.5, 0.6) is 0 Å². The lowest BCUT2D eigenvalue weighted by molar-refractivity contribution is -0.122. The Hall–Kier alpha value is -2.69. The van der Waals surface area contributed by atoms with Crippen molar-refractivity contribution in [2.75, 3.05) is 0 Å². The SMILES string of the molecule is CC(NC(=O)Cn1nnc(-c2ccsc2)n1)c1nn[nH]n1. The Morgan fingerprint density at radius 3 is 3.14 bits per heavy atom. The summed E-state index contributed by atoms with van der Waals surface area (Å²) >= 11 is 1.55. The Kier molecular flexibility index (Phi) is 3.64. The lowest BCUT2D eigenvalue weighted by Crippen LogP contribution is -2.31. The van der Waals surface area contributed by atoms with Crippen molar-refractivity contribution >= 4 is 17.2 Å². The summed E-state index contributed by atoms with van der Waals surface area (Å²) in [5.74, 6) is 0.644. The summed E-state index contributed by atoms with van der Waals surface area (Å²) in [5.41, 5.74) is 0.881. The maximum atomic E-state index is 11.9. The van der Waals surface area contributed by atoms with E-state index in [2.05, 4.69) is 41.4 Å². The van der Waals surface area contributed by atoms with E-state index in [0.29, 0.717) is 11.6 Å². The molecule has 1 unspecified atom stereocenters. The second-order valence-corrected chi connectivity index (χ2v) is 4.99. The number of carbonyl (C=O) groups excluding carboxylic acids is 1. The fourth-order valence-corrected chi connectivity index (χ4v) is 2.28. The van der Waals surface area contributed by atoms with E-state index in [1.54, 1.807) is 18.3 Å². The number of amides is 1. The molecule has 1 atom stereocenters. The number of hydrogen-bond donors (Lipinski definition) is 2. The number of tetrazole rings is 2. The van der Waals surface area contributed by atoms with Gasteiger partial charge in [-0.2, -0.15) is 21.3 Å². The van der Waals surface area contributed by atoms with Crippen molar-refractivity contribution in [1.82, 2.24) is 46.1 Å². The van der Waals surface area contributed by atoms with Crippen LogP contribution in [0.3, 0.4) is 0 Å². The van der Waals surface area contributed by atoms with Gasteiger partial charge in [0.15, 0.2) is 5.82 Å². The van der Waals surface area contributed by atoms with Crippen molar-refractivity contribution in [1.29, 1.82) is 0 Å². The molecule has 0 bridgehead atoms. The van der Waals surface area contributed by atoms with E-state index >= 15 is 0 Å². The van der Waals surface area contributed by atoms with Crippen LogP contribution in [-0.4, -0.2) is 46.7 Å². The molecular formula is C10H11N9OS. The molecule has 0 saturated carbocycles. The molecule has 21 heavy (non-hydrogen) atoms. The van der Waals surface area contributed by atoms with Gasteiger partial charge < -0.3 is 5.32 Å². The molecule has 0 radical (unpaired) electrons. The highest BCUT2D eigenvalue weighted by molar-refractivity contribution is 7.08. The summed E-state index contributed by atoms with van der Waals surface area (Å²) in [4.78, 5) is 13.1. The molecule has 0 aliphatic heterocycles. The lowest BCUT2D eigenvalue weighted by Gasteiger charge is -2.08. The molecule has 10 nitrogen and oxygen atoms in total. The second-order valence-electron chi connectivity index (χ2n) is 4.21. The van der Waals surface area contributed by atoms with Crippen LogP contribution in [-0.2, 0) is 11.3 Å².